The summed E-state index contributed by atoms with van der Waals surface area (Å²) >= 11 is 0. The van der Waals surface area contributed by atoms with Crippen LogP contribution in [0.1, 0.15) is 18.9 Å². The van der Waals surface area contributed by atoms with E-state index in [4.69, 9.17) is 4.74 Å². The molecule has 0 aromatic heterocycles. The van der Waals surface area contributed by atoms with Gasteiger partial charge in [-0.25, -0.2) is 13.2 Å². The van der Waals surface area contributed by atoms with Crippen LogP contribution in [0.25, 0.3) is 0 Å². The molecule has 0 aliphatic carbocycles. The molecule has 2 amide bonds. The standard InChI is InChI=1S/C20H25N3O4S/c1-3-28(25,26)21-17-8-10-18(11-9-17)23-13-5-12-22(20(23)24)15-16-6-4-7-19(14-16)27-2/h4,6-11,14,21H,3,5,12-13,15H2,1-2H3. The fourth-order valence-electron chi connectivity index (χ4n) is 3.12. The zero-order valence-electron chi connectivity index (χ0n) is 16.1. The van der Waals surface area contributed by atoms with Crippen LogP contribution in [0.15, 0.2) is 48.5 Å². The van der Waals surface area contributed by atoms with Crippen molar-refractivity contribution in [2.45, 2.75) is 19.9 Å². The Hall–Kier alpha value is -2.74. The van der Waals surface area contributed by atoms with E-state index < -0.39 is 10.0 Å². The van der Waals surface area contributed by atoms with Crippen LogP contribution in [0.2, 0.25) is 0 Å². The molecular formula is C20H25N3O4S. The number of sulfonamides is 1. The Labute approximate surface area is 166 Å². The zero-order chi connectivity index (χ0) is 20.1. The number of carbonyl (C=O) groups excluding carboxylic acids is 1. The first-order valence-electron chi connectivity index (χ1n) is 9.22. The number of hydrogen-bond acceptors (Lipinski definition) is 4. The normalized spacial score (nSPS) is 14.9. The molecule has 0 unspecified atom stereocenters. The van der Waals surface area contributed by atoms with Gasteiger partial charge in [-0.1, -0.05) is 12.1 Å². The van der Waals surface area contributed by atoms with Crippen molar-refractivity contribution >= 4 is 27.4 Å². The minimum absolute atomic E-state index is 0.0125. The predicted molar refractivity (Wildman–Crippen MR) is 110 cm³/mol. The monoisotopic (exact) mass is 403 g/mol. The maximum atomic E-state index is 13.0. The van der Waals surface area contributed by atoms with E-state index in [1.807, 2.05) is 29.2 Å². The fraction of sp³-hybridized carbons (Fsp3) is 0.350. The second kappa shape index (κ2) is 8.52. The minimum Gasteiger partial charge on any atom is -0.497 e. The van der Waals surface area contributed by atoms with E-state index in [-0.39, 0.29) is 11.8 Å². The summed E-state index contributed by atoms with van der Waals surface area (Å²) in [5.74, 6) is 0.780. The second-order valence-electron chi connectivity index (χ2n) is 6.61. The number of carbonyl (C=O) groups is 1. The summed E-state index contributed by atoms with van der Waals surface area (Å²) in [6, 6.07) is 14.5. The van der Waals surface area contributed by atoms with Gasteiger partial charge in [-0.05, 0) is 55.3 Å². The summed E-state index contributed by atoms with van der Waals surface area (Å²) in [7, 11) is -1.70. The Balaban J connectivity index is 1.71. The van der Waals surface area contributed by atoms with Crippen molar-refractivity contribution in [2.75, 3.05) is 35.6 Å². The minimum atomic E-state index is -3.32. The van der Waals surface area contributed by atoms with Crippen molar-refractivity contribution < 1.29 is 17.9 Å². The number of nitrogens with zero attached hydrogens (tertiary/aromatic N) is 2. The molecule has 1 heterocycles. The maximum Gasteiger partial charge on any atom is 0.324 e. The molecule has 7 nitrogen and oxygen atoms in total. The van der Waals surface area contributed by atoms with Gasteiger partial charge in [-0.2, -0.15) is 0 Å². The molecule has 2 aromatic carbocycles. The van der Waals surface area contributed by atoms with Crippen molar-refractivity contribution in [3.63, 3.8) is 0 Å². The van der Waals surface area contributed by atoms with E-state index >= 15 is 0 Å². The van der Waals surface area contributed by atoms with E-state index in [2.05, 4.69) is 4.72 Å². The highest BCUT2D eigenvalue weighted by Crippen LogP contribution is 2.24. The highest BCUT2D eigenvalue weighted by Gasteiger charge is 2.26. The number of nitrogens with one attached hydrogen (secondary N) is 1. The van der Waals surface area contributed by atoms with Crippen molar-refractivity contribution in [3.8, 4) is 5.75 Å². The van der Waals surface area contributed by atoms with E-state index in [0.29, 0.717) is 25.3 Å². The summed E-state index contributed by atoms with van der Waals surface area (Å²) in [6.45, 7) is 3.43. The Morgan fingerprint density at radius 1 is 1.11 bits per heavy atom. The smallest absolute Gasteiger partial charge is 0.324 e. The van der Waals surface area contributed by atoms with Gasteiger partial charge >= 0.3 is 6.03 Å². The van der Waals surface area contributed by atoms with Crippen molar-refractivity contribution in [1.82, 2.24) is 4.90 Å². The summed E-state index contributed by atoms with van der Waals surface area (Å²) in [6.07, 6.45) is 0.861. The molecular weight excluding hydrogens is 378 g/mol. The summed E-state index contributed by atoms with van der Waals surface area (Å²) < 4.78 is 31.1. The number of hydrogen-bond donors (Lipinski definition) is 1. The summed E-state index contributed by atoms with van der Waals surface area (Å²) in [5, 5.41) is 0. The average Bonchev–Trinajstić information content (AvgIpc) is 2.70. The third kappa shape index (κ3) is 4.75. The number of benzene rings is 2. The molecule has 0 saturated carbocycles. The third-order valence-electron chi connectivity index (χ3n) is 4.65. The molecule has 0 spiro atoms. The molecule has 2 aromatic rings. The van der Waals surface area contributed by atoms with Gasteiger partial charge in [0.15, 0.2) is 0 Å². The number of ether oxygens (including phenoxy) is 1. The molecule has 1 saturated heterocycles. The van der Waals surface area contributed by atoms with Crippen LogP contribution < -0.4 is 14.4 Å². The molecule has 1 N–H and O–H groups in total. The number of methoxy groups -OCH3 is 1. The highest BCUT2D eigenvalue weighted by molar-refractivity contribution is 7.92. The van der Waals surface area contributed by atoms with Gasteiger partial charge in [0.25, 0.3) is 0 Å². The predicted octanol–water partition coefficient (Wildman–Crippen LogP) is 3.29. The van der Waals surface area contributed by atoms with Gasteiger partial charge in [0.2, 0.25) is 10.0 Å². The Kier molecular flexibility index (Phi) is 6.08. The Bertz CT molecular complexity index is 929. The third-order valence-corrected chi connectivity index (χ3v) is 5.96. The molecule has 1 aliphatic heterocycles. The van der Waals surface area contributed by atoms with Gasteiger partial charge in [-0.3, -0.25) is 9.62 Å². The molecule has 3 rings (SSSR count). The van der Waals surface area contributed by atoms with Gasteiger partial charge < -0.3 is 9.64 Å². The SMILES string of the molecule is CCS(=O)(=O)Nc1ccc(N2CCCN(Cc3cccc(OC)c3)C2=O)cc1. The number of rotatable bonds is 7. The second-order valence-corrected chi connectivity index (χ2v) is 8.62. The summed E-state index contributed by atoms with van der Waals surface area (Å²) in [4.78, 5) is 16.5. The average molecular weight is 404 g/mol. The van der Waals surface area contributed by atoms with Crippen molar-refractivity contribution in [1.29, 1.82) is 0 Å². The lowest BCUT2D eigenvalue weighted by atomic mass is 10.1. The number of amides is 2. The van der Waals surface area contributed by atoms with Crippen LogP contribution in [0.5, 0.6) is 5.75 Å². The molecule has 8 heteroatoms. The largest absolute Gasteiger partial charge is 0.497 e. The fourth-order valence-corrected chi connectivity index (χ4v) is 3.76. The van der Waals surface area contributed by atoms with Gasteiger partial charge in [-0.15, -0.1) is 0 Å². The first-order valence-corrected chi connectivity index (χ1v) is 10.9. The first-order chi connectivity index (χ1) is 13.4. The molecule has 28 heavy (non-hydrogen) atoms. The molecule has 1 fully saturated rings. The lowest BCUT2D eigenvalue weighted by molar-refractivity contribution is 0.192. The summed E-state index contributed by atoms with van der Waals surface area (Å²) in [5.41, 5.74) is 2.25. The number of anilines is 2. The van der Waals surface area contributed by atoms with E-state index in [1.165, 1.54) is 0 Å². The van der Waals surface area contributed by atoms with E-state index in [9.17, 15) is 13.2 Å². The van der Waals surface area contributed by atoms with Crippen molar-refractivity contribution in [2.24, 2.45) is 0 Å². The van der Waals surface area contributed by atoms with Gasteiger partial charge in [0, 0.05) is 31.0 Å². The number of urea groups is 1. The zero-order valence-corrected chi connectivity index (χ0v) is 16.9. The molecule has 1 aliphatic rings. The highest BCUT2D eigenvalue weighted by atomic mass is 32.2. The topological polar surface area (TPSA) is 79.0 Å². The van der Waals surface area contributed by atoms with Crippen LogP contribution >= 0.6 is 0 Å². The van der Waals surface area contributed by atoms with Crippen molar-refractivity contribution in [3.05, 3.63) is 54.1 Å². The van der Waals surface area contributed by atoms with Crippen LogP contribution in [0.4, 0.5) is 16.2 Å². The molecule has 0 atom stereocenters. The van der Waals surface area contributed by atoms with Crippen LogP contribution in [0.3, 0.4) is 0 Å². The Morgan fingerprint density at radius 2 is 1.86 bits per heavy atom. The van der Waals surface area contributed by atoms with Crippen LogP contribution in [-0.4, -0.2) is 45.3 Å². The lowest BCUT2D eigenvalue weighted by Crippen LogP contribution is -2.49. The Morgan fingerprint density at radius 3 is 2.54 bits per heavy atom. The lowest BCUT2D eigenvalue weighted by Gasteiger charge is -2.35. The first kappa shape index (κ1) is 20.0. The maximum absolute atomic E-state index is 13.0. The van der Waals surface area contributed by atoms with Gasteiger partial charge in [0.05, 0.1) is 12.9 Å². The van der Waals surface area contributed by atoms with Crippen LogP contribution in [-0.2, 0) is 16.6 Å². The van der Waals surface area contributed by atoms with E-state index in [0.717, 1.165) is 23.4 Å². The molecule has 0 bridgehead atoms. The quantitative estimate of drug-likeness (QED) is 0.769. The van der Waals surface area contributed by atoms with Crippen LogP contribution in [0, 0.1) is 0 Å². The van der Waals surface area contributed by atoms with Gasteiger partial charge in [0.1, 0.15) is 5.75 Å². The van der Waals surface area contributed by atoms with E-state index in [1.54, 1.807) is 43.2 Å². The molecule has 150 valence electrons. The molecule has 0 radical (unpaired) electrons.